The molecule has 0 radical (unpaired) electrons. The maximum atomic E-state index is 13.4. The molecule has 1 aromatic carbocycles. The van der Waals surface area contributed by atoms with Gasteiger partial charge in [-0.1, -0.05) is 0 Å². The zero-order valence-corrected chi connectivity index (χ0v) is 15.9. The fraction of sp³-hybridized carbons (Fsp3) is 0.429. The van der Waals surface area contributed by atoms with Crippen molar-refractivity contribution in [2.24, 2.45) is 5.41 Å². The summed E-state index contributed by atoms with van der Waals surface area (Å²) in [5, 5.41) is 0. The van der Waals surface area contributed by atoms with Crippen LogP contribution < -0.4 is 4.90 Å². The minimum Gasteiger partial charge on any atom is -0.336 e. The number of carbonyl (C=O) groups excluding carboxylic acids is 2. The van der Waals surface area contributed by atoms with Crippen molar-refractivity contribution in [1.29, 1.82) is 0 Å². The van der Waals surface area contributed by atoms with Crippen molar-refractivity contribution in [3.05, 3.63) is 53.9 Å². The van der Waals surface area contributed by atoms with Gasteiger partial charge in [0.2, 0.25) is 5.91 Å². The van der Waals surface area contributed by atoms with Crippen LogP contribution in [-0.4, -0.2) is 46.3 Å². The Labute approximate surface area is 163 Å². The zero-order valence-electron chi connectivity index (χ0n) is 15.9. The van der Waals surface area contributed by atoms with Gasteiger partial charge in [-0.2, -0.15) is 0 Å². The van der Waals surface area contributed by atoms with E-state index in [1.165, 1.54) is 18.3 Å². The van der Waals surface area contributed by atoms with Gasteiger partial charge in [0.1, 0.15) is 11.5 Å². The third kappa shape index (κ3) is 3.37. The summed E-state index contributed by atoms with van der Waals surface area (Å²) in [5.41, 5.74) is 1.18. The molecule has 0 aliphatic carbocycles. The molecule has 4 rings (SSSR count). The second-order valence-electron chi connectivity index (χ2n) is 7.69. The summed E-state index contributed by atoms with van der Waals surface area (Å²) in [6.45, 7) is 3.43. The van der Waals surface area contributed by atoms with E-state index in [9.17, 15) is 14.0 Å². The van der Waals surface area contributed by atoms with Crippen LogP contribution >= 0.6 is 0 Å². The van der Waals surface area contributed by atoms with E-state index >= 15 is 0 Å². The van der Waals surface area contributed by atoms with E-state index in [4.69, 9.17) is 0 Å². The van der Waals surface area contributed by atoms with Gasteiger partial charge < -0.3 is 9.80 Å². The summed E-state index contributed by atoms with van der Waals surface area (Å²) in [4.78, 5) is 38.1. The lowest BCUT2D eigenvalue weighted by Crippen LogP contribution is -2.57. The normalized spacial score (nSPS) is 22.6. The second-order valence-corrected chi connectivity index (χ2v) is 7.69. The van der Waals surface area contributed by atoms with Crippen LogP contribution in [0.3, 0.4) is 0 Å². The van der Waals surface area contributed by atoms with Gasteiger partial charge in [0.05, 0.1) is 17.3 Å². The van der Waals surface area contributed by atoms with E-state index in [2.05, 4.69) is 9.97 Å². The molecule has 7 heteroatoms. The SMILES string of the molecule is Cc1cnc(C(=O)N2CCCC3(CCCN(c4ccc(F)cc4)C3=O)C2)cn1. The summed E-state index contributed by atoms with van der Waals surface area (Å²) in [6.07, 6.45) is 6.21. The highest BCUT2D eigenvalue weighted by Gasteiger charge is 2.47. The second kappa shape index (κ2) is 7.30. The first-order chi connectivity index (χ1) is 13.5. The smallest absolute Gasteiger partial charge is 0.274 e. The number of likely N-dealkylation sites (tertiary alicyclic amines) is 1. The molecule has 3 heterocycles. The van der Waals surface area contributed by atoms with Crippen LogP contribution in [0, 0.1) is 18.2 Å². The van der Waals surface area contributed by atoms with Gasteiger partial charge >= 0.3 is 0 Å². The van der Waals surface area contributed by atoms with Gasteiger partial charge in [0.25, 0.3) is 5.91 Å². The number of carbonyl (C=O) groups is 2. The lowest BCUT2D eigenvalue weighted by molar-refractivity contribution is -0.133. The number of aryl methyl sites for hydroxylation is 1. The summed E-state index contributed by atoms with van der Waals surface area (Å²) in [7, 11) is 0. The van der Waals surface area contributed by atoms with Crippen molar-refractivity contribution in [3.63, 3.8) is 0 Å². The third-order valence-electron chi connectivity index (χ3n) is 5.74. The third-order valence-corrected chi connectivity index (χ3v) is 5.74. The Morgan fingerprint density at radius 2 is 1.79 bits per heavy atom. The molecule has 2 fully saturated rings. The molecule has 146 valence electrons. The van der Waals surface area contributed by atoms with E-state index in [-0.39, 0.29) is 17.6 Å². The Morgan fingerprint density at radius 3 is 2.46 bits per heavy atom. The Morgan fingerprint density at radius 1 is 1.07 bits per heavy atom. The van der Waals surface area contributed by atoms with E-state index in [0.29, 0.717) is 31.0 Å². The van der Waals surface area contributed by atoms with Gasteiger partial charge in [-0.05, 0) is 56.9 Å². The fourth-order valence-corrected chi connectivity index (χ4v) is 4.29. The number of hydrogen-bond donors (Lipinski definition) is 0. The van der Waals surface area contributed by atoms with Crippen molar-refractivity contribution in [3.8, 4) is 0 Å². The Balaban J connectivity index is 1.56. The molecule has 2 saturated heterocycles. The number of piperidine rings is 2. The van der Waals surface area contributed by atoms with Gasteiger partial charge in [0.15, 0.2) is 0 Å². The van der Waals surface area contributed by atoms with E-state index in [1.807, 2.05) is 6.92 Å². The molecule has 2 aromatic rings. The van der Waals surface area contributed by atoms with Gasteiger partial charge in [-0.15, -0.1) is 0 Å². The molecular formula is C21H23FN4O2. The monoisotopic (exact) mass is 382 g/mol. The molecule has 0 bridgehead atoms. The predicted octanol–water partition coefficient (Wildman–Crippen LogP) is 2.97. The predicted molar refractivity (Wildman–Crippen MR) is 102 cm³/mol. The average molecular weight is 382 g/mol. The van der Waals surface area contributed by atoms with Crippen molar-refractivity contribution in [2.45, 2.75) is 32.6 Å². The maximum absolute atomic E-state index is 13.4. The molecule has 1 spiro atoms. The molecule has 0 N–H and O–H groups in total. The van der Waals surface area contributed by atoms with E-state index in [1.54, 1.807) is 28.1 Å². The molecule has 1 aromatic heterocycles. The van der Waals surface area contributed by atoms with Gasteiger partial charge in [0, 0.05) is 31.5 Å². The highest BCUT2D eigenvalue weighted by molar-refractivity contribution is 5.99. The van der Waals surface area contributed by atoms with Crippen molar-refractivity contribution < 1.29 is 14.0 Å². The molecule has 6 nitrogen and oxygen atoms in total. The Bertz CT molecular complexity index is 880. The molecule has 2 aliphatic rings. The molecule has 1 atom stereocenters. The highest BCUT2D eigenvalue weighted by Crippen LogP contribution is 2.41. The lowest BCUT2D eigenvalue weighted by atomic mass is 9.72. The van der Waals surface area contributed by atoms with Crippen LogP contribution in [-0.2, 0) is 4.79 Å². The minimum atomic E-state index is -0.585. The van der Waals surface area contributed by atoms with Crippen molar-refractivity contribution in [2.75, 3.05) is 24.5 Å². The molecule has 2 amide bonds. The number of amides is 2. The lowest BCUT2D eigenvalue weighted by Gasteiger charge is -2.47. The van der Waals surface area contributed by atoms with Crippen LogP contribution in [0.4, 0.5) is 10.1 Å². The van der Waals surface area contributed by atoms with Crippen LogP contribution in [0.2, 0.25) is 0 Å². The van der Waals surface area contributed by atoms with Crippen molar-refractivity contribution in [1.82, 2.24) is 14.9 Å². The maximum Gasteiger partial charge on any atom is 0.274 e. The average Bonchev–Trinajstić information content (AvgIpc) is 2.71. The summed E-state index contributed by atoms with van der Waals surface area (Å²) in [6, 6.07) is 6.02. The molecule has 0 saturated carbocycles. The number of hydrogen-bond acceptors (Lipinski definition) is 4. The van der Waals surface area contributed by atoms with E-state index in [0.717, 1.165) is 31.4 Å². The number of halogens is 1. The molecule has 2 aliphatic heterocycles. The minimum absolute atomic E-state index is 0.0258. The topological polar surface area (TPSA) is 66.4 Å². The number of nitrogens with zero attached hydrogens (tertiary/aromatic N) is 4. The fourth-order valence-electron chi connectivity index (χ4n) is 4.29. The van der Waals surface area contributed by atoms with Crippen LogP contribution in [0.15, 0.2) is 36.7 Å². The van der Waals surface area contributed by atoms with Crippen LogP contribution in [0.1, 0.15) is 41.9 Å². The summed E-state index contributed by atoms with van der Waals surface area (Å²) < 4.78 is 13.3. The summed E-state index contributed by atoms with van der Waals surface area (Å²) in [5.74, 6) is -0.479. The molecule has 1 unspecified atom stereocenters. The Kier molecular flexibility index (Phi) is 4.83. The largest absolute Gasteiger partial charge is 0.336 e. The standard InChI is InChI=1S/C21H23FN4O2/c1-15-12-24-18(13-23-15)19(27)25-10-2-8-21(14-25)9-3-11-26(20(21)28)17-6-4-16(22)5-7-17/h4-7,12-13H,2-3,8-11,14H2,1H3. The quantitative estimate of drug-likeness (QED) is 0.801. The number of aromatic nitrogens is 2. The van der Waals surface area contributed by atoms with E-state index < -0.39 is 5.41 Å². The van der Waals surface area contributed by atoms with Gasteiger partial charge in [-0.25, -0.2) is 9.37 Å². The number of benzene rings is 1. The molecule has 28 heavy (non-hydrogen) atoms. The zero-order chi connectivity index (χ0) is 19.7. The number of rotatable bonds is 2. The first kappa shape index (κ1) is 18.5. The first-order valence-corrected chi connectivity index (χ1v) is 9.64. The first-order valence-electron chi connectivity index (χ1n) is 9.64. The number of anilines is 1. The summed E-state index contributed by atoms with van der Waals surface area (Å²) >= 11 is 0. The van der Waals surface area contributed by atoms with Gasteiger partial charge in [-0.3, -0.25) is 14.6 Å². The van der Waals surface area contributed by atoms with Crippen LogP contribution in [0.25, 0.3) is 0 Å². The van der Waals surface area contributed by atoms with Crippen molar-refractivity contribution >= 4 is 17.5 Å². The molecular weight excluding hydrogens is 359 g/mol. The highest BCUT2D eigenvalue weighted by atomic mass is 19.1. The van der Waals surface area contributed by atoms with Crippen LogP contribution in [0.5, 0.6) is 0 Å². The Hall–Kier alpha value is -2.83.